The lowest BCUT2D eigenvalue weighted by Crippen LogP contribution is -2.48. The van der Waals surface area contributed by atoms with E-state index < -0.39 is 28.1 Å². The van der Waals surface area contributed by atoms with Crippen LogP contribution in [-0.4, -0.2) is 35.1 Å². The van der Waals surface area contributed by atoms with Gasteiger partial charge in [0.1, 0.15) is 12.6 Å². The maximum atomic E-state index is 13.2. The molecule has 1 aliphatic carbocycles. The average Bonchev–Trinajstić information content (AvgIpc) is 3.39. The zero-order valence-electron chi connectivity index (χ0n) is 24.3. The molecule has 2 N–H and O–H groups in total. The summed E-state index contributed by atoms with van der Waals surface area (Å²) in [7, 11) is 0. The normalized spacial score (nSPS) is 13.8. The zero-order chi connectivity index (χ0) is 30.5. The van der Waals surface area contributed by atoms with Gasteiger partial charge in [0.2, 0.25) is 0 Å². The summed E-state index contributed by atoms with van der Waals surface area (Å²) < 4.78 is 5.00. The maximum Gasteiger partial charge on any atom is 0.407 e. The lowest BCUT2D eigenvalue weighted by atomic mass is 9.84. The fourth-order valence-corrected chi connectivity index (χ4v) is 7.91. The molecule has 0 heterocycles. The van der Waals surface area contributed by atoms with Crippen LogP contribution in [-0.2, 0) is 14.3 Å². The minimum absolute atomic E-state index is 0.107. The number of hydrogen-bond acceptors (Lipinski definition) is 4. The second kappa shape index (κ2) is 12.8. The quantitative estimate of drug-likeness (QED) is 0.159. The van der Waals surface area contributed by atoms with Crippen molar-refractivity contribution in [3.05, 3.63) is 167 Å². The topological polar surface area (TPSA) is 75.6 Å². The molecule has 5 aromatic carbocycles. The lowest BCUT2D eigenvalue weighted by Gasteiger charge is -2.38. The van der Waals surface area contributed by atoms with Crippen LogP contribution in [0.5, 0.6) is 0 Å². The summed E-state index contributed by atoms with van der Waals surface area (Å²) in [5.74, 6) is -1.24. The summed E-state index contributed by atoms with van der Waals surface area (Å²) in [6.07, 6.45) is -0.753. The van der Waals surface area contributed by atoms with Crippen molar-refractivity contribution in [3.8, 4) is 11.1 Å². The van der Waals surface area contributed by atoms with Crippen LogP contribution in [0.1, 0.15) is 40.7 Å². The maximum absolute atomic E-state index is 13.2. The molecule has 0 bridgehead atoms. The van der Waals surface area contributed by atoms with Gasteiger partial charge in [0.05, 0.1) is 4.75 Å². The van der Waals surface area contributed by atoms with E-state index >= 15 is 0 Å². The lowest BCUT2D eigenvalue weighted by molar-refractivity contribution is -0.139. The highest BCUT2D eigenvalue weighted by Crippen LogP contribution is 2.50. The van der Waals surface area contributed by atoms with Crippen molar-refractivity contribution in [1.82, 2.24) is 5.32 Å². The van der Waals surface area contributed by atoms with Crippen LogP contribution in [0, 0.1) is 0 Å². The molecule has 0 unspecified atom stereocenters. The third-order valence-electron chi connectivity index (χ3n) is 8.26. The van der Waals surface area contributed by atoms with Gasteiger partial charge in [0.15, 0.2) is 0 Å². The zero-order valence-corrected chi connectivity index (χ0v) is 25.1. The molecule has 0 spiro atoms. The molecule has 2 atom stereocenters. The average molecular weight is 600 g/mol. The minimum atomic E-state index is -1.20. The molecule has 0 radical (unpaired) electrons. The Kier molecular flexibility index (Phi) is 8.53. The molecule has 6 heteroatoms. The number of nitrogens with one attached hydrogen (secondary N) is 1. The van der Waals surface area contributed by atoms with Gasteiger partial charge in [0, 0.05) is 11.2 Å². The fourth-order valence-electron chi connectivity index (χ4n) is 6.22. The van der Waals surface area contributed by atoms with E-state index in [2.05, 4.69) is 66.0 Å². The molecule has 0 aliphatic heterocycles. The Morgan fingerprint density at radius 1 is 0.705 bits per heavy atom. The highest BCUT2D eigenvalue weighted by atomic mass is 32.2. The van der Waals surface area contributed by atoms with E-state index in [9.17, 15) is 14.7 Å². The van der Waals surface area contributed by atoms with Crippen LogP contribution in [0.3, 0.4) is 0 Å². The SMILES string of the molecule is C[C@@H](SC(c1ccccc1)(c1ccccc1)c1ccccc1)[C@@H](NC(=O)OCC1c2ccccc2-c2ccccc21)C(=O)O. The Balaban J connectivity index is 1.26. The Bertz CT molecular complexity index is 1600. The summed E-state index contributed by atoms with van der Waals surface area (Å²) in [6.45, 7) is 1.95. The summed E-state index contributed by atoms with van der Waals surface area (Å²) in [4.78, 5) is 25.9. The number of carboxylic acids is 1. The number of hydrogen-bond donors (Lipinski definition) is 2. The van der Waals surface area contributed by atoms with Crippen molar-refractivity contribution < 1.29 is 19.4 Å². The molecule has 0 saturated carbocycles. The third-order valence-corrected chi connectivity index (χ3v) is 9.96. The van der Waals surface area contributed by atoms with Gasteiger partial charge in [0.25, 0.3) is 0 Å². The van der Waals surface area contributed by atoms with E-state index in [0.29, 0.717) is 0 Å². The van der Waals surface area contributed by atoms with Crippen molar-refractivity contribution >= 4 is 23.8 Å². The van der Waals surface area contributed by atoms with Crippen LogP contribution in [0.4, 0.5) is 4.79 Å². The Hall–Kier alpha value is -4.81. The Morgan fingerprint density at radius 2 is 1.11 bits per heavy atom. The van der Waals surface area contributed by atoms with Crippen molar-refractivity contribution in [2.75, 3.05) is 6.61 Å². The van der Waals surface area contributed by atoms with Gasteiger partial charge >= 0.3 is 12.1 Å². The number of thioether (sulfide) groups is 1. The van der Waals surface area contributed by atoms with Gasteiger partial charge < -0.3 is 15.2 Å². The van der Waals surface area contributed by atoms with E-state index in [4.69, 9.17) is 4.74 Å². The Labute approximate surface area is 261 Å². The number of benzene rings is 5. The predicted octanol–water partition coefficient (Wildman–Crippen LogP) is 8.09. The van der Waals surface area contributed by atoms with Crippen LogP contribution in [0.25, 0.3) is 11.1 Å². The van der Waals surface area contributed by atoms with E-state index in [1.807, 2.05) is 85.8 Å². The predicted molar refractivity (Wildman–Crippen MR) is 176 cm³/mol. The molecule has 1 amide bonds. The summed E-state index contributed by atoms with van der Waals surface area (Å²) >= 11 is 1.50. The molecular formula is C38H33NO4S. The number of carboxylic acid groups (broad SMARTS) is 1. The van der Waals surface area contributed by atoms with Gasteiger partial charge in [-0.25, -0.2) is 9.59 Å². The summed E-state index contributed by atoms with van der Waals surface area (Å²) in [6, 6.07) is 45.3. The van der Waals surface area contributed by atoms with Crippen LogP contribution < -0.4 is 5.32 Å². The molecule has 0 saturated heterocycles. The standard InChI is InChI=1S/C38H33NO4S/c1-26(44-38(27-15-5-2-6-16-27,28-17-7-3-8-18-28)29-19-9-4-10-20-29)35(36(40)41)39-37(42)43-25-34-32-23-13-11-21-30(32)31-22-12-14-24-33(31)34/h2-24,26,34-35H,25H2,1H3,(H,39,42)(H,40,41)/t26-,35-/m1/s1. The Morgan fingerprint density at radius 3 is 1.55 bits per heavy atom. The van der Waals surface area contributed by atoms with E-state index in [0.717, 1.165) is 38.9 Å². The third kappa shape index (κ3) is 5.61. The number of aliphatic carboxylic acids is 1. The largest absolute Gasteiger partial charge is 0.480 e. The van der Waals surface area contributed by atoms with Gasteiger partial charge in [-0.15, -0.1) is 11.8 Å². The van der Waals surface area contributed by atoms with Gasteiger partial charge in [-0.3, -0.25) is 0 Å². The molecule has 220 valence electrons. The first-order chi connectivity index (χ1) is 21.5. The highest BCUT2D eigenvalue weighted by molar-refractivity contribution is 8.01. The van der Waals surface area contributed by atoms with E-state index in [1.54, 1.807) is 0 Å². The first-order valence-electron chi connectivity index (χ1n) is 14.7. The molecule has 44 heavy (non-hydrogen) atoms. The number of rotatable bonds is 10. The number of alkyl carbamates (subject to hydrolysis) is 1. The van der Waals surface area contributed by atoms with Crippen molar-refractivity contribution in [1.29, 1.82) is 0 Å². The molecule has 0 aromatic heterocycles. The fraction of sp³-hybridized carbons (Fsp3) is 0.158. The van der Waals surface area contributed by atoms with E-state index in [-0.39, 0.29) is 12.5 Å². The molecular weight excluding hydrogens is 566 g/mol. The summed E-state index contributed by atoms with van der Waals surface area (Å²) in [5.41, 5.74) is 7.49. The minimum Gasteiger partial charge on any atom is -0.480 e. The first-order valence-corrected chi connectivity index (χ1v) is 15.6. The van der Waals surface area contributed by atoms with Gasteiger partial charge in [-0.1, -0.05) is 146 Å². The van der Waals surface area contributed by atoms with Crippen LogP contribution in [0.2, 0.25) is 0 Å². The number of carbonyl (C=O) groups excluding carboxylic acids is 1. The molecule has 5 nitrogen and oxygen atoms in total. The molecule has 5 aromatic rings. The smallest absolute Gasteiger partial charge is 0.407 e. The van der Waals surface area contributed by atoms with E-state index in [1.165, 1.54) is 11.8 Å². The number of fused-ring (bicyclic) bond motifs is 3. The first kappa shape index (κ1) is 29.3. The second-order valence-electron chi connectivity index (χ2n) is 10.9. The second-order valence-corrected chi connectivity index (χ2v) is 12.5. The van der Waals surface area contributed by atoms with Crippen molar-refractivity contribution in [3.63, 3.8) is 0 Å². The summed E-state index contributed by atoms with van der Waals surface area (Å²) in [5, 5.41) is 12.5. The molecule has 0 fully saturated rings. The van der Waals surface area contributed by atoms with Crippen LogP contribution >= 0.6 is 11.8 Å². The van der Waals surface area contributed by atoms with Crippen molar-refractivity contribution in [2.45, 2.75) is 28.9 Å². The molecule has 1 aliphatic rings. The highest BCUT2D eigenvalue weighted by Gasteiger charge is 2.42. The molecule has 6 rings (SSSR count). The number of amides is 1. The van der Waals surface area contributed by atoms with Crippen LogP contribution in [0.15, 0.2) is 140 Å². The van der Waals surface area contributed by atoms with Gasteiger partial charge in [-0.2, -0.15) is 0 Å². The van der Waals surface area contributed by atoms with Crippen molar-refractivity contribution in [2.24, 2.45) is 0 Å². The van der Waals surface area contributed by atoms with Gasteiger partial charge in [-0.05, 0) is 38.9 Å². The number of ether oxygens (including phenoxy) is 1. The number of carbonyl (C=O) groups is 2. The monoisotopic (exact) mass is 599 g/mol.